The smallest absolute Gasteiger partial charge is 0.237 e. The molecule has 1 rings (SSSR count). The first kappa shape index (κ1) is 10.9. The van der Waals surface area contributed by atoms with Crippen molar-refractivity contribution in [3.8, 4) is 5.75 Å². The fourth-order valence-electron chi connectivity index (χ4n) is 1.12. The predicted octanol–water partition coefficient (Wildman–Crippen LogP) is 1.59. The van der Waals surface area contributed by atoms with Crippen molar-refractivity contribution in [3.05, 3.63) is 29.8 Å². The minimum Gasteiger partial charge on any atom is -0.508 e. The van der Waals surface area contributed by atoms with Gasteiger partial charge in [-0.3, -0.25) is 4.79 Å². The number of halogens is 1. The van der Waals surface area contributed by atoms with Crippen LogP contribution >= 0.6 is 11.6 Å². The minimum absolute atomic E-state index is 0.0185. The number of carbonyl (C=O) groups is 1. The van der Waals surface area contributed by atoms with E-state index in [0.717, 1.165) is 5.56 Å². The van der Waals surface area contributed by atoms with Crippen molar-refractivity contribution in [2.24, 2.45) is 0 Å². The molecule has 0 spiro atoms. The lowest BCUT2D eigenvalue weighted by Crippen LogP contribution is -2.26. The summed E-state index contributed by atoms with van der Waals surface area (Å²) < 4.78 is 0. The second-order valence-corrected chi connectivity index (χ2v) is 3.32. The molecule has 76 valence electrons. The van der Waals surface area contributed by atoms with Crippen LogP contribution in [0.3, 0.4) is 0 Å². The maximum absolute atomic E-state index is 11.1. The summed E-state index contributed by atoms with van der Waals surface area (Å²) >= 11 is 5.40. The summed E-state index contributed by atoms with van der Waals surface area (Å²) in [6.45, 7) is 0.458. The average molecular weight is 214 g/mol. The van der Waals surface area contributed by atoms with E-state index in [1.54, 1.807) is 25.2 Å². The summed E-state index contributed by atoms with van der Waals surface area (Å²) in [4.78, 5) is 12.6. The normalized spacial score (nSPS) is 9.86. The lowest BCUT2D eigenvalue weighted by molar-refractivity contribution is -0.127. The topological polar surface area (TPSA) is 40.5 Å². The van der Waals surface area contributed by atoms with Crippen molar-refractivity contribution in [1.82, 2.24) is 4.90 Å². The number of phenols is 1. The monoisotopic (exact) mass is 213 g/mol. The third-order valence-electron chi connectivity index (χ3n) is 1.87. The maximum atomic E-state index is 11.1. The first-order valence-electron chi connectivity index (χ1n) is 4.21. The molecular weight excluding hydrogens is 202 g/mol. The minimum atomic E-state index is -0.130. The molecule has 0 aliphatic carbocycles. The van der Waals surface area contributed by atoms with Crippen molar-refractivity contribution in [3.63, 3.8) is 0 Å². The van der Waals surface area contributed by atoms with Crippen LogP contribution in [0.25, 0.3) is 0 Å². The van der Waals surface area contributed by atoms with Gasteiger partial charge in [0.2, 0.25) is 5.91 Å². The summed E-state index contributed by atoms with van der Waals surface area (Å²) in [5.74, 6) is 0.0548. The first-order chi connectivity index (χ1) is 6.63. The highest BCUT2D eigenvalue weighted by Gasteiger charge is 2.07. The molecule has 1 aromatic carbocycles. The van der Waals surface area contributed by atoms with Crippen LogP contribution in [0.4, 0.5) is 0 Å². The fraction of sp³-hybridized carbons (Fsp3) is 0.300. The highest BCUT2D eigenvalue weighted by Crippen LogP contribution is 2.12. The molecule has 14 heavy (non-hydrogen) atoms. The van der Waals surface area contributed by atoms with Gasteiger partial charge >= 0.3 is 0 Å². The molecule has 0 unspecified atom stereocenters. The summed E-state index contributed by atoms with van der Waals surface area (Å²) in [6, 6.07) is 6.80. The van der Waals surface area contributed by atoms with Gasteiger partial charge in [-0.05, 0) is 17.7 Å². The Kier molecular flexibility index (Phi) is 3.77. The Morgan fingerprint density at radius 2 is 2.29 bits per heavy atom. The van der Waals surface area contributed by atoms with Crippen LogP contribution in [0.15, 0.2) is 24.3 Å². The lowest BCUT2D eigenvalue weighted by atomic mass is 10.2. The number of aromatic hydroxyl groups is 1. The third kappa shape index (κ3) is 2.92. The number of phenolic OH excluding ortho intramolecular Hbond substituents is 1. The number of hydrogen-bond donors (Lipinski definition) is 1. The second kappa shape index (κ2) is 4.86. The Balaban J connectivity index is 2.64. The van der Waals surface area contributed by atoms with Gasteiger partial charge in [-0.2, -0.15) is 0 Å². The van der Waals surface area contributed by atoms with Gasteiger partial charge in [-0.15, -0.1) is 11.6 Å². The molecule has 1 N–H and O–H groups in total. The van der Waals surface area contributed by atoms with Gasteiger partial charge in [0, 0.05) is 13.6 Å². The predicted molar refractivity (Wildman–Crippen MR) is 55.3 cm³/mol. The van der Waals surface area contributed by atoms with Crippen LogP contribution in [0.5, 0.6) is 5.75 Å². The van der Waals surface area contributed by atoms with Crippen molar-refractivity contribution in [1.29, 1.82) is 0 Å². The molecule has 0 aromatic heterocycles. The van der Waals surface area contributed by atoms with Crippen molar-refractivity contribution in [2.75, 3.05) is 12.9 Å². The zero-order valence-corrected chi connectivity index (χ0v) is 8.66. The van der Waals surface area contributed by atoms with E-state index in [4.69, 9.17) is 11.6 Å². The Morgan fingerprint density at radius 1 is 1.57 bits per heavy atom. The highest BCUT2D eigenvalue weighted by molar-refractivity contribution is 6.27. The van der Waals surface area contributed by atoms with Crippen LogP contribution in [-0.4, -0.2) is 28.8 Å². The molecule has 0 aliphatic rings. The summed E-state index contributed by atoms with van der Waals surface area (Å²) in [7, 11) is 1.68. The van der Waals surface area contributed by atoms with E-state index in [9.17, 15) is 9.90 Å². The molecule has 3 nitrogen and oxygen atoms in total. The molecule has 0 atom stereocenters. The molecular formula is C10H12ClNO2. The zero-order valence-electron chi connectivity index (χ0n) is 7.90. The van der Waals surface area contributed by atoms with Gasteiger partial charge in [0.1, 0.15) is 11.6 Å². The number of alkyl halides is 1. The fourth-order valence-corrected chi connectivity index (χ4v) is 1.32. The quantitative estimate of drug-likeness (QED) is 0.775. The Labute approximate surface area is 87.9 Å². The SMILES string of the molecule is CN(Cc1cccc(O)c1)C(=O)CCl. The number of benzene rings is 1. The number of nitrogens with zero attached hydrogens (tertiary/aromatic N) is 1. The largest absolute Gasteiger partial charge is 0.508 e. The van der Waals surface area contributed by atoms with Crippen LogP contribution in [0, 0.1) is 0 Å². The Morgan fingerprint density at radius 3 is 2.86 bits per heavy atom. The van der Waals surface area contributed by atoms with Crippen LogP contribution in [-0.2, 0) is 11.3 Å². The summed E-state index contributed by atoms with van der Waals surface area (Å²) in [5.41, 5.74) is 0.881. The Bertz CT molecular complexity index is 328. The maximum Gasteiger partial charge on any atom is 0.237 e. The summed E-state index contributed by atoms with van der Waals surface area (Å²) in [6.07, 6.45) is 0. The molecule has 0 bridgehead atoms. The van der Waals surface area contributed by atoms with Gasteiger partial charge in [-0.25, -0.2) is 0 Å². The zero-order chi connectivity index (χ0) is 10.6. The number of hydrogen-bond acceptors (Lipinski definition) is 2. The van der Waals surface area contributed by atoms with Gasteiger partial charge in [0.05, 0.1) is 0 Å². The molecule has 1 aromatic rings. The molecule has 0 saturated carbocycles. The Hall–Kier alpha value is -1.22. The van der Waals surface area contributed by atoms with E-state index in [-0.39, 0.29) is 17.5 Å². The van der Waals surface area contributed by atoms with Crippen molar-refractivity contribution in [2.45, 2.75) is 6.54 Å². The molecule has 0 heterocycles. The molecule has 0 fully saturated rings. The van der Waals surface area contributed by atoms with Crippen molar-refractivity contribution >= 4 is 17.5 Å². The van der Waals surface area contributed by atoms with Crippen molar-refractivity contribution < 1.29 is 9.90 Å². The van der Waals surface area contributed by atoms with Gasteiger partial charge in [0.25, 0.3) is 0 Å². The summed E-state index contributed by atoms with van der Waals surface area (Å²) in [5, 5.41) is 9.19. The highest BCUT2D eigenvalue weighted by atomic mass is 35.5. The van der Waals surface area contributed by atoms with Gasteiger partial charge in [-0.1, -0.05) is 12.1 Å². The molecule has 0 saturated heterocycles. The molecule has 1 amide bonds. The van der Waals surface area contributed by atoms with Gasteiger partial charge < -0.3 is 10.0 Å². The first-order valence-corrected chi connectivity index (χ1v) is 4.75. The van der Waals surface area contributed by atoms with Crippen LogP contribution < -0.4 is 0 Å². The van der Waals surface area contributed by atoms with E-state index < -0.39 is 0 Å². The van der Waals surface area contributed by atoms with E-state index in [0.29, 0.717) is 6.54 Å². The van der Waals surface area contributed by atoms with E-state index in [2.05, 4.69) is 0 Å². The van der Waals surface area contributed by atoms with Gasteiger partial charge in [0.15, 0.2) is 0 Å². The van der Waals surface area contributed by atoms with Crippen LogP contribution in [0.2, 0.25) is 0 Å². The molecule has 0 radical (unpaired) electrons. The number of carbonyl (C=O) groups excluding carboxylic acids is 1. The van der Waals surface area contributed by atoms with Crippen LogP contribution in [0.1, 0.15) is 5.56 Å². The van der Waals surface area contributed by atoms with E-state index in [1.807, 2.05) is 6.07 Å². The average Bonchev–Trinajstić information content (AvgIpc) is 2.16. The number of rotatable bonds is 3. The molecule has 0 aliphatic heterocycles. The molecule has 4 heteroatoms. The van der Waals surface area contributed by atoms with E-state index >= 15 is 0 Å². The second-order valence-electron chi connectivity index (χ2n) is 3.05. The standard InChI is InChI=1S/C10H12ClNO2/c1-12(10(14)6-11)7-8-3-2-4-9(13)5-8/h2-5,13H,6-7H2,1H3. The lowest BCUT2D eigenvalue weighted by Gasteiger charge is -2.15. The van der Waals surface area contributed by atoms with E-state index in [1.165, 1.54) is 4.90 Å². The third-order valence-corrected chi connectivity index (χ3v) is 2.10. The number of amides is 1.